The summed E-state index contributed by atoms with van der Waals surface area (Å²) in [5, 5.41) is 9.65. The Labute approximate surface area is 148 Å². The minimum absolute atomic E-state index is 0.415. The van der Waals surface area contributed by atoms with E-state index in [9.17, 15) is 0 Å². The summed E-state index contributed by atoms with van der Waals surface area (Å²) in [6.45, 7) is 6.92. The molecule has 5 nitrogen and oxygen atoms in total. The van der Waals surface area contributed by atoms with Gasteiger partial charge in [-0.25, -0.2) is 4.99 Å². The van der Waals surface area contributed by atoms with Crippen molar-refractivity contribution in [3.05, 3.63) is 33.4 Å². The molecule has 2 rings (SSSR count). The zero-order valence-corrected chi connectivity index (χ0v) is 15.8. The van der Waals surface area contributed by atoms with E-state index in [1.54, 1.807) is 0 Å². The Hall–Kier alpha value is -1.91. The first-order valence-corrected chi connectivity index (χ1v) is 8.61. The number of hydrogen-bond donors (Lipinski definition) is 0. The Morgan fingerprint density at radius 3 is 2.83 bits per heavy atom. The molecule has 1 heterocycles. The van der Waals surface area contributed by atoms with Crippen LogP contribution in [0.15, 0.2) is 21.7 Å². The normalized spacial score (nSPS) is 10.8. The van der Waals surface area contributed by atoms with Gasteiger partial charge in [0.1, 0.15) is 22.0 Å². The van der Waals surface area contributed by atoms with Crippen LogP contribution in [0.3, 0.4) is 0 Å². The monoisotopic (exact) mass is 392 g/mol. The number of ether oxygens (including phenoxy) is 1. The van der Waals surface area contributed by atoms with Gasteiger partial charge in [-0.05, 0) is 60.0 Å². The summed E-state index contributed by atoms with van der Waals surface area (Å²) in [6, 6.07) is 6.01. The van der Waals surface area contributed by atoms with Gasteiger partial charge >= 0.3 is 0 Å². The Morgan fingerprint density at radius 2 is 2.17 bits per heavy atom. The fourth-order valence-electron chi connectivity index (χ4n) is 1.78. The lowest BCUT2D eigenvalue weighted by atomic mass is 10.1. The molecule has 0 amide bonds. The van der Waals surface area contributed by atoms with Crippen molar-refractivity contribution < 1.29 is 4.74 Å². The second-order valence-electron chi connectivity index (χ2n) is 5.07. The predicted octanol–water partition coefficient (Wildman–Crippen LogP) is 4.80. The van der Waals surface area contributed by atoms with E-state index in [4.69, 9.17) is 10.00 Å². The molecule has 120 valence electrons. The fourth-order valence-corrected chi connectivity index (χ4v) is 3.02. The van der Waals surface area contributed by atoms with E-state index >= 15 is 0 Å². The second kappa shape index (κ2) is 7.57. The smallest absolute Gasteiger partial charge is 0.219 e. The number of benzene rings is 1. The summed E-state index contributed by atoms with van der Waals surface area (Å²) in [5.74, 6) is 0.706. The van der Waals surface area contributed by atoms with E-state index in [2.05, 4.69) is 38.3 Å². The van der Waals surface area contributed by atoms with Crippen LogP contribution in [0.1, 0.15) is 23.6 Å². The molecule has 0 saturated carbocycles. The van der Waals surface area contributed by atoms with Gasteiger partial charge in [0.25, 0.3) is 0 Å². The average molecular weight is 393 g/mol. The van der Waals surface area contributed by atoms with Crippen molar-refractivity contribution in [1.29, 1.82) is 5.26 Å². The third-order valence-corrected chi connectivity index (χ3v) is 4.86. The summed E-state index contributed by atoms with van der Waals surface area (Å²) in [7, 11) is 1.98. The van der Waals surface area contributed by atoms with E-state index in [1.165, 1.54) is 0 Å². The molecular weight excluding hydrogens is 376 g/mol. The van der Waals surface area contributed by atoms with E-state index in [0.29, 0.717) is 21.0 Å². The van der Waals surface area contributed by atoms with Crippen LogP contribution >= 0.6 is 27.5 Å². The maximum absolute atomic E-state index is 9.16. The molecule has 1 aromatic carbocycles. The molecular formula is C16H17BrN4OS. The molecule has 0 radical (unpaired) electrons. The van der Waals surface area contributed by atoms with Crippen molar-refractivity contribution in [3.63, 3.8) is 0 Å². The first-order valence-electron chi connectivity index (χ1n) is 7.05. The highest BCUT2D eigenvalue weighted by Gasteiger charge is 2.15. The number of halogens is 1. The third kappa shape index (κ3) is 4.09. The van der Waals surface area contributed by atoms with Crippen molar-refractivity contribution >= 4 is 39.5 Å². The number of aromatic nitrogens is 1. The van der Waals surface area contributed by atoms with E-state index < -0.39 is 0 Å². The van der Waals surface area contributed by atoms with E-state index in [-0.39, 0.29) is 0 Å². The minimum Gasteiger partial charge on any atom is -0.443 e. The highest BCUT2D eigenvalue weighted by molar-refractivity contribution is 9.10. The Balaban J connectivity index is 2.30. The quantitative estimate of drug-likeness (QED) is 0.541. The number of hydrogen-bond acceptors (Lipinski definition) is 5. The third-order valence-electron chi connectivity index (χ3n) is 3.32. The first kappa shape index (κ1) is 17.4. The first-order chi connectivity index (χ1) is 11.0. The molecule has 0 aliphatic rings. The summed E-state index contributed by atoms with van der Waals surface area (Å²) >= 11 is 4.40. The fraction of sp³-hybridized carbons (Fsp3) is 0.312. The summed E-state index contributed by atoms with van der Waals surface area (Å²) in [6.07, 6.45) is 1.82. The molecule has 0 aliphatic carbocycles. The lowest BCUT2D eigenvalue weighted by Gasteiger charge is -2.12. The molecule has 0 unspecified atom stereocenters. The molecule has 0 atom stereocenters. The van der Waals surface area contributed by atoms with Gasteiger partial charge in [0, 0.05) is 25.1 Å². The molecule has 1 aromatic heterocycles. The van der Waals surface area contributed by atoms with Gasteiger partial charge < -0.3 is 9.64 Å². The van der Waals surface area contributed by atoms with Crippen LogP contribution in [0, 0.1) is 25.2 Å². The Kier molecular flexibility index (Phi) is 5.74. The lowest BCUT2D eigenvalue weighted by molar-refractivity contribution is 0.490. The SMILES string of the molecule is CCN(C)C=Nc1cc(C)c(Oc2snc(Br)c2C#N)cc1C. The van der Waals surface area contributed by atoms with Gasteiger partial charge in [0.2, 0.25) is 5.06 Å². The van der Waals surface area contributed by atoms with Gasteiger partial charge in [-0.3, -0.25) is 0 Å². The predicted molar refractivity (Wildman–Crippen MR) is 97.0 cm³/mol. The van der Waals surface area contributed by atoms with Crippen LogP contribution in [0.2, 0.25) is 0 Å². The molecule has 0 N–H and O–H groups in total. The van der Waals surface area contributed by atoms with Crippen LogP contribution in [0.5, 0.6) is 10.8 Å². The van der Waals surface area contributed by atoms with Gasteiger partial charge in [-0.2, -0.15) is 9.64 Å². The van der Waals surface area contributed by atoms with Gasteiger partial charge in [-0.1, -0.05) is 0 Å². The molecule has 7 heteroatoms. The minimum atomic E-state index is 0.415. The molecule has 0 spiro atoms. The summed E-state index contributed by atoms with van der Waals surface area (Å²) < 4.78 is 10.5. The second-order valence-corrected chi connectivity index (χ2v) is 6.56. The number of nitriles is 1. The van der Waals surface area contributed by atoms with E-state index in [1.807, 2.05) is 44.3 Å². The standard InChI is InChI=1S/C16H17BrN4OS/c1-5-21(4)9-19-13-6-11(3)14(7-10(13)2)22-16-12(8-18)15(17)20-23-16/h6-7,9H,5H2,1-4H3. The zero-order chi connectivity index (χ0) is 17.0. The van der Waals surface area contributed by atoms with Gasteiger partial charge in [0.05, 0.1) is 12.0 Å². The maximum Gasteiger partial charge on any atom is 0.219 e. The number of rotatable bonds is 5. The number of aryl methyl sites for hydroxylation is 2. The molecule has 2 aromatic rings. The van der Waals surface area contributed by atoms with Crippen LogP contribution in [-0.2, 0) is 0 Å². The van der Waals surface area contributed by atoms with Crippen LogP contribution < -0.4 is 4.74 Å². The Morgan fingerprint density at radius 1 is 1.43 bits per heavy atom. The number of aliphatic imine (C=N–C) groups is 1. The topological polar surface area (TPSA) is 61.5 Å². The van der Waals surface area contributed by atoms with Crippen molar-refractivity contribution in [3.8, 4) is 16.9 Å². The molecule has 23 heavy (non-hydrogen) atoms. The van der Waals surface area contributed by atoms with Crippen LogP contribution in [-0.4, -0.2) is 29.2 Å². The highest BCUT2D eigenvalue weighted by Crippen LogP contribution is 2.37. The average Bonchev–Trinajstić information content (AvgIpc) is 2.88. The maximum atomic E-state index is 9.16. The van der Waals surface area contributed by atoms with Crippen molar-refractivity contribution in [2.75, 3.05) is 13.6 Å². The molecule has 0 fully saturated rings. The van der Waals surface area contributed by atoms with E-state index in [0.717, 1.165) is 34.9 Å². The molecule has 0 aliphatic heterocycles. The van der Waals surface area contributed by atoms with Crippen LogP contribution in [0.4, 0.5) is 5.69 Å². The Bertz CT molecular complexity index is 779. The van der Waals surface area contributed by atoms with Crippen molar-refractivity contribution in [2.24, 2.45) is 4.99 Å². The largest absolute Gasteiger partial charge is 0.443 e. The van der Waals surface area contributed by atoms with Crippen molar-refractivity contribution in [1.82, 2.24) is 9.27 Å². The lowest BCUT2D eigenvalue weighted by Crippen LogP contribution is -2.14. The molecule has 0 bridgehead atoms. The van der Waals surface area contributed by atoms with Gasteiger partial charge in [-0.15, -0.1) is 0 Å². The number of nitrogens with zero attached hydrogens (tertiary/aromatic N) is 4. The van der Waals surface area contributed by atoms with Crippen LogP contribution in [0.25, 0.3) is 0 Å². The summed E-state index contributed by atoms with van der Waals surface area (Å²) in [4.78, 5) is 6.51. The van der Waals surface area contributed by atoms with Crippen molar-refractivity contribution in [2.45, 2.75) is 20.8 Å². The highest BCUT2D eigenvalue weighted by atomic mass is 79.9. The van der Waals surface area contributed by atoms with Gasteiger partial charge in [0.15, 0.2) is 0 Å². The summed E-state index contributed by atoms with van der Waals surface area (Å²) in [5.41, 5.74) is 3.28. The molecule has 0 saturated heterocycles. The zero-order valence-electron chi connectivity index (χ0n) is 13.4.